The number of rotatable bonds is 12. The minimum Gasteiger partial charge on any atom is -0.495 e. The molecule has 3 aromatic rings. The maximum atomic E-state index is 13.2. The van der Waals surface area contributed by atoms with E-state index >= 15 is 0 Å². The predicted molar refractivity (Wildman–Crippen MR) is 134 cm³/mol. The van der Waals surface area contributed by atoms with Crippen molar-refractivity contribution in [1.29, 1.82) is 0 Å². The van der Waals surface area contributed by atoms with Crippen LogP contribution < -0.4 is 14.4 Å². The molecule has 1 aromatic heterocycles. The molecule has 1 N–H and O–H groups in total. The van der Waals surface area contributed by atoms with E-state index in [1.54, 1.807) is 37.1 Å². The molecule has 1 heterocycles. The number of carbonyl (C=O) groups is 1. The summed E-state index contributed by atoms with van der Waals surface area (Å²) in [5.41, 5.74) is 2.75. The van der Waals surface area contributed by atoms with Crippen LogP contribution >= 0.6 is 11.8 Å². The van der Waals surface area contributed by atoms with Crippen molar-refractivity contribution in [1.82, 2.24) is 4.98 Å². The van der Waals surface area contributed by atoms with Crippen LogP contribution in [-0.4, -0.2) is 48.6 Å². The van der Waals surface area contributed by atoms with Gasteiger partial charge in [0.2, 0.25) is 0 Å². The second kappa shape index (κ2) is 12.3. The van der Waals surface area contributed by atoms with Gasteiger partial charge in [-0.25, -0.2) is 14.2 Å². The summed E-state index contributed by atoms with van der Waals surface area (Å²) in [6.45, 7) is 5.30. The smallest absolute Gasteiger partial charge is 0.341 e. The van der Waals surface area contributed by atoms with Crippen molar-refractivity contribution in [2.24, 2.45) is 0 Å². The van der Waals surface area contributed by atoms with Gasteiger partial charge in [-0.3, -0.25) is 0 Å². The van der Waals surface area contributed by atoms with Crippen LogP contribution in [0.2, 0.25) is 0 Å². The number of aromatic nitrogens is 1. The number of halogens is 1. The molecule has 0 fully saturated rings. The number of ether oxygens (including phenoxy) is 2. The number of hydrogen-bond acceptors (Lipinski definition) is 6. The fraction of sp³-hybridized carbons (Fsp3) is 0.308. The first kappa shape index (κ1) is 25.4. The number of aliphatic carboxylic acids is 1. The molecule has 0 unspecified atom stereocenters. The van der Waals surface area contributed by atoms with E-state index in [-0.39, 0.29) is 12.4 Å². The maximum absolute atomic E-state index is 13.2. The minimum absolute atomic E-state index is 0.251. The van der Waals surface area contributed by atoms with Crippen LogP contribution in [0.3, 0.4) is 0 Å². The Morgan fingerprint density at radius 3 is 2.47 bits per heavy atom. The van der Waals surface area contributed by atoms with Gasteiger partial charge in [-0.2, -0.15) is 0 Å². The van der Waals surface area contributed by atoms with Crippen molar-refractivity contribution < 1.29 is 23.8 Å². The molecule has 0 bridgehead atoms. The normalized spacial score (nSPS) is 10.7. The summed E-state index contributed by atoms with van der Waals surface area (Å²) in [4.78, 5) is 18.6. The van der Waals surface area contributed by atoms with Gasteiger partial charge >= 0.3 is 5.97 Å². The van der Waals surface area contributed by atoms with E-state index in [4.69, 9.17) is 14.6 Å². The molecular formula is C26H29FN2O4S. The number of pyridine rings is 1. The lowest BCUT2D eigenvalue weighted by Gasteiger charge is -2.22. The number of benzene rings is 2. The summed E-state index contributed by atoms with van der Waals surface area (Å²) in [5, 5.41) is 8.83. The van der Waals surface area contributed by atoms with Crippen molar-refractivity contribution >= 4 is 23.5 Å². The van der Waals surface area contributed by atoms with Gasteiger partial charge in [0.25, 0.3) is 0 Å². The second-order valence-corrected chi connectivity index (χ2v) is 8.78. The Morgan fingerprint density at radius 2 is 1.85 bits per heavy atom. The molecule has 0 spiro atoms. The summed E-state index contributed by atoms with van der Waals surface area (Å²) in [6, 6.07) is 14.1. The molecule has 2 aromatic carbocycles. The van der Waals surface area contributed by atoms with E-state index in [1.807, 2.05) is 31.3 Å². The Bertz CT molecular complexity index is 1090. The van der Waals surface area contributed by atoms with Crippen LogP contribution in [0, 0.1) is 12.7 Å². The maximum Gasteiger partial charge on any atom is 0.341 e. The highest BCUT2D eigenvalue weighted by Gasteiger charge is 2.12. The third-order valence-corrected chi connectivity index (χ3v) is 6.40. The summed E-state index contributed by atoms with van der Waals surface area (Å²) >= 11 is 1.69. The molecule has 3 rings (SSSR count). The van der Waals surface area contributed by atoms with Gasteiger partial charge in [0.15, 0.2) is 6.61 Å². The lowest BCUT2D eigenvalue weighted by Crippen LogP contribution is -2.25. The topological polar surface area (TPSA) is 71.9 Å². The van der Waals surface area contributed by atoms with Crippen LogP contribution in [0.25, 0.3) is 11.1 Å². The van der Waals surface area contributed by atoms with Crippen LogP contribution in [0.15, 0.2) is 59.6 Å². The fourth-order valence-corrected chi connectivity index (χ4v) is 4.51. The first-order chi connectivity index (χ1) is 16.4. The number of anilines is 1. The number of nitrogens with zero attached hydrogens (tertiary/aromatic N) is 2. The van der Waals surface area contributed by atoms with Crippen molar-refractivity contribution in [2.75, 3.05) is 37.5 Å². The monoisotopic (exact) mass is 484 g/mol. The molecule has 0 aliphatic rings. The van der Waals surface area contributed by atoms with E-state index in [1.165, 1.54) is 12.1 Å². The van der Waals surface area contributed by atoms with Crippen molar-refractivity contribution in [3.05, 3.63) is 66.1 Å². The van der Waals surface area contributed by atoms with E-state index in [0.29, 0.717) is 11.5 Å². The summed E-state index contributed by atoms with van der Waals surface area (Å²) < 4.78 is 24.0. The lowest BCUT2D eigenvalue weighted by molar-refractivity contribution is -0.139. The van der Waals surface area contributed by atoms with E-state index in [0.717, 1.165) is 52.7 Å². The Labute approximate surface area is 203 Å². The number of aryl methyl sites for hydroxylation is 1. The van der Waals surface area contributed by atoms with Crippen LogP contribution in [-0.2, 0) is 4.79 Å². The molecular weight excluding hydrogens is 455 g/mol. The van der Waals surface area contributed by atoms with Gasteiger partial charge in [-0.15, -0.1) is 11.8 Å². The largest absolute Gasteiger partial charge is 0.495 e. The van der Waals surface area contributed by atoms with Crippen molar-refractivity contribution in [3.8, 4) is 22.6 Å². The molecule has 8 heteroatoms. The SMILES string of the molecule is CCN(CCCSc1cc(C)c(OCC(=O)O)cc1OC)c1ccc(-c2ccc(F)cc2)cn1. The molecule has 0 aliphatic heterocycles. The molecule has 0 atom stereocenters. The minimum atomic E-state index is -1.02. The van der Waals surface area contributed by atoms with E-state index < -0.39 is 5.97 Å². The van der Waals surface area contributed by atoms with Crippen molar-refractivity contribution in [2.45, 2.75) is 25.2 Å². The van der Waals surface area contributed by atoms with Crippen LogP contribution in [0.1, 0.15) is 18.9 Å². The summed E-state index contributed by atoms with van der Waals surface area (Å²) in [6.07, 6.45) is 2.76. The Morgan fingerprint density at radius 1 is 1.12 bits per heavy atom. The van der Waals surface area contributed by atoms with Gasteiger partial charge in [-0.05, 0) is 67.5 Å². The molecule has 0 amide bonds. The zero-order valence-electron chi connectivity index (χ0n) is 19.6. The fourth-order valence-electron chi connectivity index (χ4n) is 3.47. The molecule has 0 radical (unpaired) electrons. The molecule has 34 heavy (non-hydrogen) atoms. The predicted octanol–water partition coefficient (Wildman–Crippen LogP) is 5.68. The number of hydrogen-bond donors (Lipinski definition) is 1. The Hall–Kier alpha value is -3.26. The highest BCUT2D eigenvalue weighted by atomic mass is 32.2. The zero-order valence-corrected chi connectivity index (χ0v) is 20.4. The molecule has 0 saturated heterocycles. The van der Waals surface area contributed by atoms with Crippen LogP contribution in [0.4, 0.5) is 10.2 Å². The van der Waals surface area contributed by atoms with Gasteiger partial charge < -0.3 is 19.5 Å². The molecule has 6 nitrogen and oxygen atoms in total. The first-order valence-corrected chi connectivity index (χ1v) is 12.0. The van der Waals surface area contributed by atoms with Crippen molar-refractivity contribution in [3.63, 3.8) is 0 Å². The number of carboxylic acids is 1. The Balaban J connectivity index is 1.56. The third-order valence-electron chi connectivity index (χ3n) is 5.27. The van der Waals surface area contributed by atoms with Gasteiger partial charge in [0, 0.05) is 35.8 Å². The summed E-state index contributed by atoms with van der Waals surface area (Å²) in [5.74, 6) is 1.70. The standard InChI is InChI=1S/C26H29FN2O4S/c1-4-29(25-11-8-20(16-28-25)19-6-9-21(27)10-7-19)12-5-13-34-24-14-18(2)22(15-23(24)32-3)33-17-26(30)31/h6-11,14-16H,4-5,12-13,17H2,1-3H3,(H,30,31). The quantitative estimate of drug-likeness (QED) is 0.262. The highest BCUT2D eigenvalue weighted by molar-refractivity contribution is 7.99. The number of thioether (sulfide) groups is 1. The molecule has 0 saturated carbocycles. The summed E-state index contributed by atoms with van der Waals surface area (Å²) in [7, 11) is 1.59. The zero-order chi connectivity index (χ0) is 24.5. The Kier molecular flexibility index (Phi) is 9.16. The third kappa shape index (κ3) is 6.87. The second-order valence-electron chi connectivity index (χ2n) is 7.64. The van der Waals surface area contributed by atoms with Gasteiger partial charge in [0.1, 0.15) is 23.1 Å². The highest BCUT2D eigenvalue weighted by Crippen LogP contribution is 2.35. The molecule has 0 aliphatic carbocycles. The molecule has 180 valence electrons. The van der Waals surface area contributed by atoms with E-state index in [9.17, 15) is 9.18 Å². The van der Waals surface area contributed by atoms with Gasteiger partial charge in [-0.1, -0.05) is 12.1 Å². The van der Waals surface area contributed by atoms with E-state index in [2.05, 4.69) is 16.8 Å². The number of methoxy groups -OCH3 is 1. The number of carboxylic acid groups (broad SMARTS) is 1. The average Bonchev–Trinajstić information content (AvgIpc) is 2.84. The van der Waals surface area contributed by atoms with Crippen LogP contribution in [0.5, 0.6) is 11.5 Å². The first-order valence-electron chi connectivity index (χ1n) is 11.0. The average molecular weight is 485 g/mol. The van der Waals surface area contributed by atoms with Gasteiger partial charge in [0.05, 0.1) is 7.11 Å². The lowest BCUT2D eigenvalue weighted by atomic mass is 10.1.